The van der Waals surface area contributed by atoms with E-state index in [0.29, 0.717) is 0 Å². The average Bonchev–Trinajstić information content (AvgIpc) is 2.97. The summed E-state index contributed by atoms with van der Waals surface area (Å²) >= 11 is 0. The summed E-state index contributed by atoms with van der Waals surface area (Å²) in [7, 11) is 1.60. The molecule has 1 heterocycles. The molecule has 16 heavy (non-hydrogen) atoms. The molecular formula is C12H10O4. The van der Waals surface area contributed by atoms with Crippen LogP contribution in [0.1, 0.15) is 11.5 Å². The van der Waals surface area contributed by atoms with E-state index in [1.807, 2.05) is 24.3 Å². The minimum Gasteiger partial charge on any atom is -0.497 e. The van der Waals surface area contributed by atoms with E-state index < -0.39 is 0 Å². The summed E-state index contributed by atoms with van der Waals surface area (Å²) in [5.41, 5.74) is 1.00. The van der Waals surface area contributed by atoms with Gasteiger partial charge in [-0.05, 0) is 17.7 Å². The molecule has 1 aromatic rings. The number of esters is 2. The van der Waals surface area contributed by atoms with Crippen LogP contribution < -0.4 is 4.74 Å². The monoisotopic (exact) mass is 218 g/mol. The molecule has 0 spiro atoms. The van der Waals surface area contributed by atoms with Crippen LogP contribution in [0.5, 0.6) is 5.75 Å². The minimum absolute atomic E-state index is 0.0136. The Morgan fingerprint density at radius 2 is 1.56 bits per heavy atom. The SMILES string of the molecule is COc1ccc([C@H]2[C@@H]3C(=O)OC(=O)[C@@H]32)cc1. The van der Waals surface area contributed by atoms with E-state index in [0.717, 1.165) is 11.3 Å². The van der Waals surface area contributed by atoms with Gasteiger partial charge in [0.05, 0.1) is 18.9 Å². The van der Waals surface area contributed by atoms with Crippen LogP contribution in [-0.2, 0) is 14.3 Å². The average molecular weight is 218 g/mol. The minimum atomic E-state index is -0.379. The number of methoxy groups -OCH3 is 1. The van der Waals surface area contributed by atoms with Gasteiger partial charge < -0.3 is 9.47 Å². The summed E-state index contributed by atoms with van der Waals surface area (Å²) in [4.78, 5) is 22.5. The third-order valence-corrected chi connectivity index (χ3v) is 3.27. The van der Waals surface area contributed by atoms with E-state index in [4.69, 9.17) is 4.74 Å². The molecule has 0 radical (unpaired) electrons. The zero-order valence-corrected chi connectivity index (χ0v) is 8.67. The quantitative estimate of drug-likeness (QED) is 0.551. The highest BCUT2D eigenvalue weighted by molar-refractivity contribution is 6.02. The van der Waals surface area contributed by atoms with Crippen molar-refractivity contribution in [3.8, 4) is 5.75 Å². The molecular weight excluding hydrogens is 208 g/mol. The van der Waals surface area contributed by atoms with Crippen LogP contribution in [0, 0.1) is 11.8 Å². The van der Waals surface area contributed by atoms with Crippen LogP contribution in [0.4, 0.5) is 0 Å². The van der Waals surface area contributed by atoms with Crippen molar-refractivity contribution in [2.45, 2.75) is 5.92 Å². The van der Waals surface area contributed by atoms with E-state index in [-0.39, 0.29) is 29.7 Å². The maximum atomic E-state index is 11.3. The predicted molar refractivity (Wildman–Crippen MR) is 53.8 cm³/mol. The maximum Gasteiger partial charge on any atom is 0.318 e. The first-order valence-electron chi connectivity index (χ1n) is 5.12. The maximum absolute atomic E-state index is 11.3. The first-order valence-corrected chi connectivity index (χ1v) is 5.12. The zero-order valence-electron chi connectivity index (χ0n) is 8.67. The first kappa shape index (κ1) is 9.39. The van der Waals surface area contributed by atoms with Gasteiger partial charge in [0, 0.05) is 5.92 Å². The van der Waals surface area contributed by atoms with Crippen molar-refractivity contribution in [2.75, 3.05) is 7.11 Å². The Balaban J connectivity index is 1.85. The lowest BCUT2D eigenvalue weighted by Crippen LogP contribution is -2.09. The van der Waals surface area contributed by atoms with Gasteiger partial charge in [0.1, 0.15) is 5.75 Å². The van der Waals surface area contributed by atoms with Crippen molar-refractivity contribution in [3.05, 3.63) is 29.8 Å². The molecule has 0 N–H and O–H groups in total. The summed E-state index contributed by atoms with van der Waals surface area (Å²) in [6, 6.07) is 7.45. The van der Waals surface area contributed by atoms with E-state index >= 15 is 0 Å². The van der Waals surface area contributed by atoms with Crippen LogP contribution in [0.2, 0.25) is 0 Å². The normalized spacial score (nSPS) is 30.9. The van der Waals surface area contributed by atoms with Gasteiger partial charge in [-0.1, -0.05) is 12.1 Å². The van der Waals surface area contributed by atoms with Crippen LogP contribution >= 0.6 is 0 Å². The van der Waals surface area contributed by atoms with Crippen molar-refractivity contribution in [1.82, 2.24) is 0 Å². The molecule has 1 aliphatic heterocycles. The molecule has 1 aromatic carbocycles. The highest BCUT2D eigenvalue weighted by Crippen LogP contribution is 2.58. The van der Waals surface area contributed by atoms with Gasteiger partial charge >= 0.3 is 11.9 Å². The lowest BCUT2D eigenvalue weighted by Gasteiger charge is -2.04. The molecule has 0 unspecified atom stereocenters. The largest absolute Gasteiger partial charge is 0.497 e. The number of fused-ring (bicyclic) bond motifs is 1. The first-order chi connectivity index (χ1) is 7.72. The number of cyclic esters (lactones) is 2. The van der Waals surface area contributed by atoms with Crippen molar-refractivity contribution in [2.24, 2.45) is 11.8 Å². The van der Waals surface area contributed by atoms with Gasteiger partial charge in [0.2, 0.25) is 0 Å². The fraction of sp³-hybridized carbons (Fsp3) is 0.333. The number of ether oxygens (including phenoxy) is 2. The molecule has 3 atom stereocenters. The lowest BCUT2D eigenvalue weighted by molar-refractivity contribution is -0.155. The Hall–Kier alpha value is -1.84. The Bertz CT molecular complexity index is 442. The van der Waals surface area contributed by atoms with Gasteiger partial charge in [-0.15, -0.1) is 0 Å². The fourth-order valence-corrected chi connectivity index (χ4v) is 2.37. The van der Waals surface area contributed by atoms with Gasteiger partial charge in [-0.3, -0.25) is 9.59 Å². The second kappa shape index (κ2) is 3.07. The van der Waals surface area contributed by atoms with Crippen LogP contribution in [0.25, 0.3) is 0 Å². The van der Waals surface area contributed by atoms with Gasteiger partial charge in [0.15, 0.2) is 0 Å². The third kappa shape index (κ3) is 1.16. The molecule has 4 nitrogen and oxygen atoms in total. The molecule has 82 valence electrons. The van der Waals surface area contributed by atoms with Crippen LogP contribution in [-0.4, -0.2) is 19.0 Å². The number of carbonyl (C=O) groups is 2. The van der Waals surface area contributed by atoms with Crippen LogP contribution in [0.3, 0.4) is 0 Å². The highest BCUT2D eigenvalue weighted by Gasteiger charge is 2.66. The highest BCUT2D eigenvalue weighted by atomic mass is 16.6. The summed E-state index contributed by atoms with van der Waals surface area (Å²) in [6.07, 6.45) is 0. The predicted octanol–water partition coefficient (Wildman–Crippen LogP) is 1.11. The summed E-state index contributed by atoms with van der Waals surface area (Å²) in [5, 5.41) is 0. The molecule has 4 heteroatoms. The molecule has 2 fully saturated rings. The van der Waals surface area contributed by atoms with E-state index in [9.17, 15) is 9.59 Å². The number of rotatable bonds is 2. The molecule has 1 aliphatic carbocycles. The second-order valence-corrected chi connectivity index (χ2v) is 4.09. The van der Waals surface area contributed by atoms with Crippen LogP contribution in [0.15, 0.2) is 24.3 Å². The van der Waals surface area contributed by atoms with E-state index in [1.165, 1.54) is 0 Å². The summed E-state index contributed by atoms with van der Waals surface area (Å²) in [6.45, 7) is 0. The summed E-state index contributed by atoms with van der Waals surface area (Å²) in [5.74, 6) is -0.475. The summed E-state index contributed by atoms with van der Waals surface area (Å²) < 4.78 is 9.56. The number of hydrogen-bond donors (Lipinski definition) is 0. The fourth-order valence-electron chi connectivity index (χ4n) is 2.37. The number of benzene rings is 1. The third-order valence-electron chi connectivity index (χ3n) is 3.27. The number of hydrogen-bond acceptors (Lipinski definition) is 4. The van der Waals surface area contributed by atoms with Gasteiger partial charge in [0.25, 0.3) is 0 Å². The van der Waals surface area contributed by atoms with Crippen molar-refractivity contribution >= 4 is 11.9 Å². The zero-order chi connectivity index (χ0) is 11.3. The van der Waals surface area contributed by atoms with Crippen molar-refractivity contribution in [1.29, 1.82) is 0 Å². The van der Waals surface area contributed by atoms with Crippen molar-refractivity contribution in [3.63, 3.8) is 0 Å². The second-order valence-electron chi connectivity index (χ2n) is 4.09. The van der Waals surface area contributed by atoms with E-state index in [1.54, 1.807) is 7.11 Å². The number of carbonyl (C=O) groups excluding carboxylic acids is 2. The van der Waals surface area contributed by atoms with Gasteiger partial charge in [-0.25, -0.2) is 0 Å². The molecule has 1 saturated heterocycles. The molecule has 1 saturated carbocycles. The molecule has 0 amide bonds. The van der Waals surface area contributed by atoms with E-state index in [2.05, 4.69) is 4.74 Å². The topological polar surface area (TPSA) is 52.6 Å². The molecule has 2 aliphatic rings. The smallest absolute Gasteiger partial charge is 0.318 e. The molecule has 3 rings (SSSR count). The Kier molecular flexibility index (Phi) is 1.80. The molecule has 0 bridgehead atoms. The Morgan fingerprint density at radius 1 is 1.00 bits per heavy atom. The lowest BCUT2D eigenvalue weighted by atomic mass is 10.1. The Morgan fingerprint density at radius 3 is 2.06 bits per heavy atom. The van der Waals surface area contributed by atoms with Crippen molar-refractivity contribution < 1.29 is 19.1 Å². The van der Waals surface area contributed by atoms with Gasteiger partial charge in [-0.2, -0.15) is 0 Å². The molecule has 0 aromatic heterocycles. The Labute approximate surface area is 92.2 Å². The standard InChI is InChI=1S/C12H10O4/c1-15-7-4-2-6(3-5-7)8-9-10(8)12(14)16-11(9)13/h2-5,8-10H,1H3/t8-,9-,10+.